The van der Waals surface area contributed by atoms with Gasteiger partial charge in [0.2, 0.25) is 0 Å². The summed E-state index contributed by atoms with van der Waals surface area (Å²) in [6, 6.07) is 6.54. The molecule has 0 aliphatic carbocycles. The zero-order valence-electron chi connectivity index (χ0n) is 25.7. The molecule has 1 unspecified atom stereocenters. The molecule has 4 aromatic rings. The van der Waals surface area contributed by atoms with Gasteiger partial charge in [0.15, 0.2) is 5.82 Å². The summed E-state index contributed by atoms with van der Waals surface area (Å²) >= 11 is 0.952. The third-order valence-electron chi connectivity index (χ3n) is 9.53. The maximum Gasteiger partial charge on any atom is 0.319 e. The number of thiophene rings is 1. The maximum absolute atomic E-state index is 17.1. The van der Waals surface area contributed by atoms with Crippen LogP contribution in [0.5, 0.6) is 6.01 Å². The predicted molar refractivity (Wildman–Crippen MR) is 171 cm³/mol. The van der Waals surface area contributed by atoms with Crippen LogP contribution in [0, 0.1) is 23.0 Å². The minimum Gasteiger partial charge on any atom is -0.461 e. The number of rotatable bonds is 6. The molecular formula is C33H35F3N6O3S. The first-order valence-electron chi connectivity index (χ1n) is 15.5. The SMILES string of the molecule is CCc1cc2c(N3CCOCC(C)(O)C3)nc(OC[C@@]34CCCN3C[C@H](F)C4)nc2c(F)c1-c1ccc(F)c2sc(N)c(C#N)c12. The van der Waals surface area contributed by atoms with Gasteiger partial charge >= 0.3 is 6.01 Å². The number of anilines is 2. The summed E-state index contributed by atoms with van der Waals surface area (Å²) in [4.78, 5) is 13.3. The number of aromatic nitrogens is 2. The number of aryl methyl sites for hydroxylation is 1. The lowest BCUT2D eigenvalue weighted by atomic mass is 9.92. The van der Waals surface area contributed by atoms with Crippen molar-refractivity contribution in [2.24, 2.45) is 0 Å². The van der Waals surface area contributed by atoms with Gasteiger partial charge in [-0.05, 0) is 56.0 Å². The Kier molecular flexibility index (Phi) is 7.75. The smallest absolute Gasteiger partial charge is 0.319 e. The summed E-state index contributed by atoms with van der Waals surface area (Å²) in [5.41, 5.74) is 5.63. The van der Waals surface area contributed by atoms with Crippen LogP contribution >= 0.6 is 11.3 Å². The second kappa shape index (κ2) is 11.5. The van der Waals surface area contributed by atoms with E-state index in [0.29, 0.717) is 54.9 Å². The van der Waals surface area contributed by atoms with Crippen LogP contribution in [0.25, 0.3) is 32.1 Å². The second-order valence-corrected chi connectivity index (χ2v) is 13.9. The fourth-order valence-corrected chi connectivity index (χ4v) is 8.41. The molecule has 7 rings (SSSR count). The topological polar surface area (TPSA) is 121 Å². The molecule has 3 fully saturated rings. The molecule has 0 bridgehead atoms. The van der Waals surface area contributed by atoms with Crippen LogP contribution in [0.2, 0.25) is 0 Å². The van der Waals surface area contributed by atoms with Gasteiger partial charge in [0, 0.05) is 35.8 Å². The highest BCUT2D eigenvalue weighted by Gasteiger charge is 2.49. The van der Waals surface area contributed by atoms with Crippen molar-refractivity contribution in [1.82, 2.24) is 14.9 Å². The van der Waals surface area contributed by atoms with E-state index in [1.807, 2.05) is 17.9 Å². The molecule has 3 N–H and O–H groups in total. The van der Waals surface area contributed by atoms with E-state index in [1.54, 1.807) is 6.92 Å². The average Bonchev–Trinajstić information content (AvgIpc) is 3.62. The maximum atomic E-state index is 17.1. The Bertz CT molecular complexity index is 1890. The highest BCUT2D eigenvalue weighted by molar-refractivity contribution is 7.23. The molecule has 3 aliphatic heterocycles. The summed E-state index contributed by atoms with van der Waals surface area (Å²) < 4.78 is 58.6. The molecule has 5 heterocycles. The molecule has 46 heavy (non-hydrogen) atoms. The van der Waals surface area contributed by atoms with E-state index in [1.165, 1.54) is 12.1 Å². The van der Waals surface area contributed by atoms with Crippen LogP contribution in [0.15, 0.2) is 18.2 Å². The van der Waals surface area contributed by atoms with Crippen molar-refractivity contribution < 1.29 is 27.8 Å². The van der Waals surface area contributed by atoms with Crippen LogP contribution in [0.4, 0.5) is 24.0 Å². The number of alkyl halides is 1. The van der Waals surface area contributed by atoms with Gasteiger partial charge in [0.25, 0.3) is 0 Å². The molecule has 2 aromatic carbocycles. The number of nitriles is 1. The number of nitrogens with zero attached hydrogens (tertiary/aromatic N) is 5. The van der Waals surface area contributed by atoms with E-state index in [-0.39, 0.29) is 57.5 Å². The van der Waals surface area contributed by atoms with E-state index in [9.17, 15) is 19.1 Å². The van der Waals surface area contributed by atoms with Crippen molar-refractivity contribution in [3.8, 4) is 23.2 Å². The minimum absolute atomic E-state index is 0.0215. The van der Waals surface area contributed by atoms with Crippen molar-refractivity contribution >= 4 is 43.1 Å². The average molecular weight is 653 g/mol. The Morgan fingerprint density at radius 2 is 2.11 bits per heavy atom. The molecular weight excluding hydrogens is 617 g/mol. The highest BCUT2D eigenvalue weighted by atomic mass is 32.1. The van der Waals surface area contributed by atoms with Crippen molar-refractivity contribution in [2.45, 2.75) is 56.8 Å². The van der Waals surface area contributed by atoms with Crippen LogP contribution < -0.4 is 15.4 Å². The molecule has 242 valence electrons. The molecule has 9 nitrogen and oxygen atoms in total. The molecule has 0 amide bonds. The Labute approximate surface area is 268 Å². The highest BCUT2D eigenvalue weighted by Crippen LogP contribution is 2.45. The van der Waals surface area contributed by atoms with Gasteiger partial charge in [-0.1, -0.05) is 13.0 Å². The molecule has 3 saturated heterocycles. The molecule has 3 aliphatic rings. The number of halogens is 3. The first-order chi connectivity index (χ1) is 22.0. The Morgan fingerprint density at radius 3 is 2.89 bits per heavy atom. The third kappa shape index (κ3) is 5.12. The number of β-amino-alcohol motifs (C(OH)–C–C–N with tert-alkyl or cyclic N) is 1. The summed E-state index contributed by atoms with van der Waals surface area (Å²) in [6.07, 6.45) is 1.53. The van der Waals surface area contributed by atoms with Gasteiger partial charge < -0.3 is 25.2 Å². The van der Waals surface area contributed by atoms with Gasteiger partial charge in [0.1, 0.15) is 46.6 Å². The predicted octanol–water partition coefficient (Wildman–Crippen LogP) is 5.35. The van der Waals surface area contributed by atoms with E-state index in [2.05, 4.69) is 16.0 Å². The normalized spacial score (nSPS) is 25.2. The first-order valence-corrected chi connectivity index (χ1v) is 16.4. The largest absolute Gasteiger partial charge is 0.461 e. The first kappa shape index (κ1) is 30.9. The molecule has 0 radical (unpaired) electrons. The van der Waals surface area contributed by atoms with Gasteiger partial charge in [-0.2, -0.15) is 15.2 Å². The van der Waals surface area contributed by atoms with E-state index in [0.717, 1.165) is 30.7 Å². The fraction of sp³-hybridized carbons (Fsp3) is 0.485. The Balaban J connectivity index is 1.43. The number of hydrogen-bond donors (Lipinski definition) is 2. The number of nitrogens with two attached hydrogens (primary N) is 1. The summed E-state index contributed by atoms with van der Waals surface area (Å²) in [7, 11) is 0. The van der Waals surface area contributed by atoms with E-state index >= 15 is 4.39 Å². The van der Waals surface area contributed by atoms with Gasteiger partial charge in [-0.3, -0.25) is 4.90 Å². The van der Waals surface area contributed by atoms with Crippen molar-refractivity contribution in [2.75, 3.05) is 56.6 Å². The van der Waals surface area contributed by atoms with E-state index < -0.39 is 28.9 Å². The monoisotopic (exact) mass is 652 g/mol. The number of aliphatic hydroxyl groups is 1. The van der Waals surface area contributed by atoms with Crippen molar-refractivity contribution in [3.63, 3.8) is 0 Å². The number of benzene rings is 2. The Hall–Kier alpha value is -3.70. The summed E-state index contributed by atoms with van der Waals surface area (Å²) in [5.74, 6) is -0.842. The van der Waals surface area contributed by atoms with E-state index in [4.69, 9.17) is 20.2 Å². The molecule has 13 heteroatoms. The number of ether oxygens (including phenoxy) is 2. The van der Waals surface area contributed by atoms with Gasteiger partial charge in [0.05, 0.1) is 35.6 Å². The quantitative estimate of drug-likeness (QED) is 0.284. The minimum atomic E-state index is -1.20. The number of hydrogen-bond acceptors (Lipinski definition) is 10. The molecule has 0 saturated carbocycles. The van der Waals surface area contributed by atoms with Crippen LogP contribution in [0.1, 0.15) is 44.2 Å². The van der Waals surface area contributed by atoms with Gasteiger partial charge in [-0.15, -0.1) is 11.3 Å². The molecule has 2 aromatic heterocycles. The van der Waals surface area contributed by atoms with Gasteiger partial charge in [-0.25, -0.2) is 13.2 Å². The second-order valence-electron chi connectivity index (χ2n) is 12.9. The van der Waals surface area contributed by atoms with Crippen molar-refractivity contribution in [3.05, 3.63) is 41.0 Å². The molecule has 0 spiro atoms. The van der Waals surface area contributed by atoms with Crippen LogP contribution in [0.3, 0.4) is 0 Å². The fourth-order valence-electron chi connectivity index (χ4n) is 7.46. The lowest BCUT2D eigenvalue weighted by Crippen LogP contribution is -2.44. The van der Waals surface area contributed by atoms with Crippen LogP contribution in [-0.4, -0.2) is 83.3 Å². The lowest BCUT2D eigenvalue weighted by Gasteiger charge is -2.31. The standard InChI is InChI=1S/C33H35F3N6O3S/c1-3-18-11-21-27(26(36)24(18)20-5-6-23(35)28-25(20)22(13-37)29(38)46-28)39-31(40-30(21)41-9-10-44-16-32(2,43)15-41)45-17-33-7-4-8-42(33)14-19(34)12-33/h5-6,11,19,43H,3-4,7-10,12,14-17,38H2,1-2H3/t19-,32?,33+/m1/s1. The zero-order chi connectivity index (χ0) is 32.4. The zero-order valence-corrected chi connectivity index (χ0v) is 26.5. The van der Waals surface area contributed by atoms with Crippen LogP contribution in [-0.2, 0) is 11.2 Å². The number of nitrogen functional groups attached to an aromatic ring is 1. The summed E-state index contributed by atoms with van der Waals surface area (Å²) in [5, 5.41) is 21.7. The van der Waals surface area contributed by atoms with Crippen molar-refractivity contribution in [1.29, 1.82) is 5.26 Å². The lowest BCUT2D eigenvalue weighted by molar-refractivity contribution is -0.0123. The Morgan fingerprint density at radius 1 is 1.28 bits per heavy atom. The molecule has 3 atom stereocenters. The number of fused-ring (bicyclic) bond motifs is 3. The summed E-state index contributed by atoms with van der Waals surface area (Å²) in [6.45, 7) is 5.85. The third-order valence-corrected chi connectivity index (χ3v) is 10.6.